The van der Waals surface area contributed by atoms with Gasteiger partial charge in [0.25, 0.3) is 0 Å². The van der Waals surface area contributed by atoms with E-state index in [1.807, 2.05) is 6.07 Å². The number of unbranched alkanes of at least 4 members (excludes halogenated alkanes) is 19. The Morgan fingerprint density at radius 2 is 1.00 bits per heavy atom. The summed E-state index contributed by atoms with van der Waals surface area (Å²) >= 11 is 0. The number of ether oxygens (including phenoxy) is 3. The van der Waals surface area contributed by atoms with Gasteiger partial charge in [-0.2, -0.15) is 0 Å². The highest BCUT2D eigenvalue weighted by molar-refractivity contribution is 5.69. The second kappa shape index (κ2) is 31.2. The molecule has 0 aliphatic carbocycles. The standard InChI is InChI=1S/C40H72O5/c1-4-7-10-13-16-17-18-19-20-23-26-36-31-37(34-41)33-38(32-36)35-45-39(42)27-28-40(43-29-24-21-14-11-8-5-2)44-30-25-22-15-12-9-6-3/h31-33,40-41H,4-30,34-35H2,1-3H3. The van der Waals surface area contributed by atoms with Crippen molar-refractivity contribution in [1.82, 2.24) is 0 Å². The maximum absolute atomic E-state index is 12.7. The Balaban J connectivity index is 2.42. The molecule has 0 spiro atoms. The fourth-order valence-corrected chi connectivity index (χ4v) is 5.86. The number of hydrogen-bond acceptors (Lipinski definition) is 5. The third-order valence-corrected chi connectivity index (χ3v) is 8.70. The summed E-state index contributed by atoms with van der Waals surface area (Å²) in [6.45, 7) is 8.34. The molecule has 0 unspecified atom stereocenters. The Bertz CT molecular complexity index is 777. The van der Waals surface area contributed by atoms with E-state index < -0.39 is 0 Å². The fraction of sp³-hybridized carbons (Fsp3) is 0.825. The second-order valence-electron chi connectivity index (χ2n) is 13.2. The van der Waals surface area contributed by atoms with Crippen LogP contribution in [0.15, 0.2) is 18.2 Å². The molecule has 0 aromatic heterocycles. The van der Waals surface area contributed by atoms with Gasteiger partial charge in [0, 0.05) is 19.6 Å². The van der Waals surface area contributed by atoms with Crippen molar-refractivity contribution in [2.75, 3.05) is 13.2 Å². The van der Waals surface area contributed by atoms with E-state index in [-0.39, 0.29) is 31.9 Å². The van der Waals surface area contributed by atoms with E-state index in [2.05, 4.69) is 32.9 Å². The van der Waals surface area contributed by atoms with Crippen molar-refractivity contribution in [2.45, 2.75) is 201 Å². The van der Waals surface area contributed by atoms with Crippen molar-refractivity contribution in [3.63, 3.8) is 0 Å². The molecule has 0 fully saturated rings. The maximum Gasteiger partial charge on any atom is 0.306 e. The van der Waals surface area contributed by atoms with E-state index in [0.29, 0.717) is 19.6 Å². The molecular weight excluding hydrogens is 560 g/mol. The molecule has 1 aromatic carbocycles. The average Bonchev–Trinajstić information content (AvgIpc) is 3.05. The van der Waals surface area contributed by atoms with Gasteiger partial charge >= 0.3 is 5.97 Å². The van der Waals surface area contributed by atoms with E-state index >= 15 is 0 Å². The summed E-state index contributed by atoms with van der Waals surface area (Å²) in [4.78, 5) is 12.7. The van der Waals surface area contributed by atoms with Crippen molar-refractivity contribution in [3.8, 4) is 0 Å². The monoisotopic (exact) mass is 633 g/mol. The van der Waals surface area contributed by atoms with Gasteiger partial charge in [-0.25, -0.2) is 0 Å². The van der Waals surface area contributed by atoms with Crippen molar-refractivity contribution >= 4 is 5.97 Å². The third-order valence-electron chi connectivity index (χ3n) is 8.70. The molecule has 45 heavy (non-hydrogen) atoms. The smallest absolute Gasteiger partial charge is 0.306 e. The first-order valence-corrected chi connectivity index (χ1v) is 19.2. The Labute approximate surface area is 278 Å². The van der Waals surface area contributed by atoms with Crippen LogP contribution >= 0.6 is 0 Å². The number of esters is 1. The lowest BCUT2D eigenvalue weighted by Gasteiger charge is -2.19. The summed E-state index contributed by atoms with van der Waals surface area (Å²) in [5.41, 5.74) is 3.06. The summed E-state index contributed by atoms with van der Waals surface area (Å²) < 4.78 is 17.8. The van der Waals surface area contributed by atoms with Crippen LogP contribution in [0.1, 0.15) is 192 Å². The summed E-state index contributed by atoms with van der Waals surface area (Å²) in [5, 5.41) is 9.80. The highest BCUT2D eigenvalue weighted by Gasteiger charge is 2.14. The minimum Gasteiger partial charge on any atom is -0.461 e. The molecule has 262 valence electrons. The van der Waals surface area contributed by atoms with Gasteiger partial charge in [0.05, 0.1) is 13.0 Å². The number of hydrogen-bond donors (Lipinski definition) is 1. The topological polar surface area (TPSA) is 65.0 Å². The lowest BCUT2D eigenvalue weighted by molar-refractivity contribution is -0.160. The normalized spacial score (nSPS) is 11.5. The van der Waals surface area contributed by atoms with Crippen molar-refractivity contribution < 1.29 is 24.1 Å². The van der Waals surface area contributed by atoms with Crippen molar-refractivity contribution in [2.24, 2.45) is 0 Å². The molecule has 1 aromatic rings. The van der Waals surface area contributed by atoms with Gasteiger partial charge in [-0.1, -0.05) is 161 Å². The van der Waals surface area contributed by atoms with Crippen LogP contribution in [0.2, 0.25) is 0 Å². The first-order valence-electron chi connectivity index (χ1n) is 19.2. The predicted octanol–water partition coefficient (Wildman–Crippen LogP) is 11.5. The average molecular weight is 633 g/mol. The van der Waals surface area contributed by atoms with Gasteiger partial charge in [-0.05, 0) is 42.4 Å². The largest absolute Gasteiger partial charge is 0.461 e. The fourth-order valence-electron chi connectivity index (χ4n) is 5.86. The van der Waals surface area contributed by atoms with E-state index in [1.54, 1.807) is 0 Å². The molecule has 0 aliphatic rings. The zero-order chi connectivity index (χ0) is 32.6. The first kappa shape index (κ1) is 41.6. The molecular formula is C40H72O5. The van der Waals surface area contributed by atoms with Crippen LogP contribution in [-0.2, 0) is 38.6 Å². The van der Waals surface area contributed by atoms with E-state index in [0.717, 1.165) is 36.8 Å². The van der Waals surface area contributed by atoms with Crippen LogP contribution in [0.5, 0.6) is 0 Å². The van der Waals surface area contributed by atoms with Crippen LogP contribution in [0, 0.1) is 0 Å². The van der Waals surface area contributed by atoms with Gasteiger partial charge in [-0.15, -0.1) is 0 Å². The van der Waals surface area contributed by atoms with Gasteiger partial charge in [0.15, 0.2) is 6.29 Å². The van der Waals surface area contributed by atoms with Crippen LogP contribution in [0.3, 0.4) is 0 Å². The zero-order valence-corrected chi connectivity index (χ0v) is 29.9. The molecule has 5 heteroatoms. The summed E-state index contributed by atoms with van der Waals surface area (Å²) in [6.07, 6.45) is 29.3. The van der Waals surface area contributed by atoms with Crippen LogP contribution in [-0.4, -0.2) is 30.6 Å². The Morgan fingerprint density at radius 1 is 0.578 bits per heavy atom. The molecule has 0 amide bonds. The quantitative estimate of drug-likeness (QED) is 0.0474. The summed E-state index contributed by atoms with van der Waals surface area (Å²) in [5.74, 6) is -0.225. The molecule has 0 heterocycles. The van der Waals surface area contributed by atoms with Crippen molar-refractivity contribution in [3.05, 3.63) is 34.9 Å². The lowest BCUT2D eigenvalue weighted by Crippen LogP contribution is -2.21. The molecule has 0 aliphatic heterocycles. The molecule has 0 atom stereocenters. The van der Waals surface area contributed by atoms with Crippen LogP contribution < -0.4 is 0 Å². The number of aliphatic hydroxyl groups excluding tert-OH is 1. The molecule has 0 bridgehead atoms. The van der Waals surface area contributed by atoms with Crippen LogP contribution in [0.4, 0.5) is 0 Å². The Hall–Kier alpha value is -1.43. The van der Waals surface area contributed by atoms with E-state index in [1.165, 1.54) is 128 Å². The third kappa shape index (κ3) is 25.4. The highest BCUT2D eigenvalue weighted by Crippen LogP contribution is 2.18. The molecule has 5 nitrogen and oxygen atoms in total. The van der Waals surface area contributed by atoms with Crippen molar-refractivity contribution in [1.29, 1.82) is 0 Å². The lowest BCUT2D eigenvalue weighted by atomic mass is 10.0. The summed E-state index contributed by atoms with van der Waals surface area (Å²) in [6, 6.07) is 6.17. The number of rotatable bonds is 33. The Morgan fingerprint density at radius 3 is 1.49 bits per heavy atom. The molecule has 0 radical (unpaired) electrons. The highest BCUT2D eigenvalue weighted by atomic mass is 16.7. The van der Waals surface area contributed by atoms with E-state index in [9.17, 15) is 9.90 Å². The van der Waals surface area contributed by atoms with Gasteiger partial charge in [0.1, 0.15) is 6.61 Å². The molecule has 0 saturated heterocycles. The van der Waals surface area contributed by atoms with Gasteiger partial charge < -0.3 is 19.3 Å². The molecule has 1 rings (SSSR count). The zero-order valence-electron chi connectivity index (χ0n) is 29.9. The number of aliphatic hydroxyl groups is 1. The number of carbonyl (C=O) groups excluding carboxylic acids is 1. The first-order chi connectivity index (χ1) is 22.1. The summed E-state index contributed by atoms with van der Waals surface area (Å²) in [7, 11) is 0. The number of aryl methyl sites for hydroxylation is 1. The maximum atomic E-state index is 12.7. The minimum atomic E-state index is -0.353. The van der Waals surface area contributed by atoms with E-state index in [4.69, 9.17) is 14.2 Å². The molecule has 1 N–H and O–H groups in total. The second-order valence-corrected chi connectivity index (χ2v) is 13.2. The van der Waals surface area contributed by atoms with Crippen LogP contribution in [0.25, 0.3) is 0 Å². The number of carbonyl (C=O) groups is 1. The molecule has 0 saturated carbocycles. The minimum absolute atomic E-state index is 0.000380. The SMILES string of the molecule is CCCCCCCCCCCCc1cc(CO)cc(COC(=O)CCC(OCCCCCCCC)OCCCCCCCC)c1. The van der Waals surface area contributed by atoms with Gasteiger partial charge in [0.2, 0.25) is 0 Å². The predicted molar refractivity (Wildman–Crippen MR) is 189 cm³/mol. The Kier molecular flexibility index (Phi) is 28.8. The number of benzene rings is 1. The van der Waals surface area contributed by atoms with Gasteiger partial charge in [-0.3, -0.25) is 4.79 Å².